The molecule has 1 saturated heterocycles. The Balaban J connectivity index is 2.54. The number of hydrogen-bond donors (Lipinski definition) is 2. The van der Waals surface area contributed by atoms with E-state index in [2.05, 4.69) is 22.5 Å². The van der Waals surface area contributed by atoms with Crippen LogP contribution in [-0.4, -0.2) is 43.2 Å². The van der Waals surface area contributed by atoms with Gasteiger partial charge in [-0.3, -0.25) is 9.69 Å². The van der Waals surface area contributed by atoms with Crippen LogP contribution in [0, 0.1) is 0 Å². The number of carbonyl (C=O) groups is 1. The molecule has 1 fully saturated rings. The lowest BCUT2D eigenvalue weighted by Gasteiger charge is -2.33. The number of nitrogens with two attached hydrogens (primary N) is 2. The second kappa shape index (κ2) is 7.35. The number of morpholine rings is 1. The summed E-state index contributed by atoms with van der Waals surface area (Å²) in [6.07, 6.45) is 5.36. The highest BCUT2D eigenvalue weighted by atomic mass is 79.9. The largest absolute Gasteiger partial charge is 0.393 e. The molecule has 1 unspecified atom stereocenters. The quantitative estimate of drug-likeness (QED) is 0.571. The molecule has 18 heavy (non-hydrogen) atoms. The number of allylic oxidation sites excluding steroid dienone is 2. The van der Waals surface area contributed by atoms with Gasteiger partial charge >= 0.3 is 0 Å². The van der Waals surface area contributed by atoms with E-state index in [1.54, 1.807) is 12.2 Å². The molecule has 1 rings (SSSR count). The van der Waals surface area contributed by atoms with Crippen molar-refractivity contribution in [3.63, 3.8) is 0 Å². The molecule has 4 N–H and O–H groups in total. The average Bonchev–Trinajstić information content (AvgIpc) is 2.28. The van der Waals surface area contributed by atoms with Gasteiger partial charge in [-0.05, 0) is 27.6 Å². The molecule has 1 aliphatic rings. The number of primary amides is 1. The van der Waals surface area contributed by atoms with Crippen molar-refractivity contribution in [3.05, 3.63) is 35.0 Å². The van der Waals surface area contributed by atoms with E-state index in [4.69, 9.17) is 16.2 Å². The average molecular weight is 316 g/mol. The second-order valence-electron chi connectivity index (χ2n) is 4.03. The van der Waals surface area contributed by atoms with Crippen molar-refractivity contribution < 1.29 is 9.53 Å². The lowest BCUT2D eigenvalue weighted by atomic mass is 10.1. The lowest BCUT2D eigenvalue weighted by Crippen LogP contribution is -2.52. The Kier molecular flexibility index (Phi) is 6.11. The molecule has 100 valence electrons. The molecular formula is C12H18BrN3O2. The Bertz CT molecular complexity index is 376. The Morgan fingerprint density at radius 1 is 1.56 bits per heavy atom. The predicted molar refractivity (Wildman–Crippen MR) is 74.9 cm³/mol. The molecule has 0 radical (unpaired) electrons. The third kappa shape index (κ3) is 5.03. The van der Waals surface area contributed by atoms with Crippen LogP contribution < -0.4 is 11.5 Å². The van der Waals surface area contributed by atoms with Gasteiger partial charge < -0.3 is 16.2 Å². The number of rotatable bonds is 5. The van der Waals surface area contributed by atoms with Crippen molar-refractivity contribution in [2.24, 2.45) is 11.5 Å². The number of nitrogens with zero attached hydrogens (tertiary/aromatic N) is 1. The van der Waals surface area contributed by atoms with E-state index in [0.29, 0.717) is 30.9 Å². The van der Waals surface area contributed by atoms with Crippen molar-refractivity contribution in [1.29, 1.82) is 0 Å². The first-order chi connectivity index (χ1) is 8.50. The molecule has 1 amide bonds. The number of hydrogen-bond acceptors (Lipinski definition) is 4. The van der Waals surface area contributed by atoms with Crippen molar-refractivity contribution in [2.45, 2.75) is 6.04 Å². The molecule has 0 aromatic rings. The number of carbonyl (C=O) groups excluding carboxylic acids is 1. The van der Waals surface area contributed by atoms with Crippen LogP contribution in [0.25, 0.3) is 0 Å². The highest BCUT2D eigenvalue weighted by Crippen LogP contribution is 2.09. The van der Waals surface area contributed by atoms with Gasteiger partial charge in [0, 0.05) is 13.1 Å². The summed E-state index contributed by atoms with van der Waals surface area (Å²) < 4.78 is 5.79. The smallest absolute Gasteiger partial charge is 0.237 e. The molecule has 6 heteroatoms. The number of amides is 1. The van der Waals surface area contributed by atoms with Gasteiger partial charge in [0.25, 0.3) is 0 Å². The topological polar surface area (TPSA) is 81.6 Å². The molecule has 1 atom stereocenters. The van der Waals surface area contributed by atoms with Gasteiger partial charge in [-0.1, -0.05) is 18.7 Å². The third-order valence-electron chi connectivity index (χ3n) is 2.56. The molecule has 0 bridgehead atoms. The summed E-state index contributed by atoms with van der Waals surface area (Å²) in [6.45, 7) is 6.15. The summed E-state index contributed by atoms with van der Waals surface area (Å²) >= 11 is 3.12. The highest BCUT2D eigenvalue weighted by Gasteiger charge is 2.27. The van der Waals surface area contributed by atoms with Crippen LogP contribution >= 0.6 is 15.9 Å². The van der Waals surface area contributed by atoms with Crippen molar-refractivity contribution in [3.8, 4) is 0 Å². The first-order valence-corrected chi connectivity index (χ1v) is 6.38. The standard InChI is InChI=1S/C12H18BrN3O2/c1-9(3-2-4-11(13)14)7-16-5-6-18-8-10(16)12(15)17/h2-4,10H,1,5-8,14H2,(H2,15,17)/b3-2-,11-4-. The minimum Gasteiger partial charge on any atom is -0.393 e. The Morgan fingerprint density at radius 3 is 2.89 bits per heavy atom. The molecule has 0 saturated carbocycles. The Labute approximate surface area is 115 Å². The van der Waals surface area contributed by atoms with Crippen LogP contribution in [0.5, 0.6) is 0 Å². The van der Waals surface area contributed by atoms with Crippen LogP contribution in [0.15, 0.2) is 35.0 Å². The van der Waals surface area contributed by atoms with Crippen LogP contribution in [0.3, 0.4) is 0 Å². The maximum Gasteiger partial charge on any atom is 0.237 e. The first-order valence-electron chi connectivity index (χ1n) is 5.59. The first kappa shape index (κ1) is 14.9. The minimum absolute atomic E-state index is 0.348. The maximum absolute atomic E-state index is 11.3. The molecule has 0 aliphatic carbocycles. The minimum atomic E-state index is -0.374. The van der Waals surface area contributed by atoms with Gasteiger partial charge in [0.2, 0.25) is 5.91 Å². The monoisotopic (exact) mass is 315 g/mol. The summed E-state index contributed by atoms with van der Waals surface area (Å²) in [5, 5.41) is 0. The van der Waals surface area contributed by atoms with Gasteiger partial charge in [-0.15, -0.1) is 0 Å². The van der Waals surface area contributed by atoms with E-state index in [9.17, 15) is 4.79 Å². The van der Waals surface area contributed by atoms with E-state index in [-0.39, 0.29) is 11.9 Å². The molecule has 1 aliphatic heterocycles. The predicted octanol–water partition coefficient (Wildman–Crippen LogP) is 0.480. The van der Waals surface area contributed by atoms with Gasteiger partial charge in [0.15, 0.2) is 0 Å². The van der Waals surface area contributed by atoms with E-state index in [1.807, 2.05) is 11.0 Å². The fourth-order valence-corrected chi connectivity index (χ4v) is 1.83. The lowest BCUT2D eigenvalue weighted by molar-refractivity contribution is -0.128. The van der Waals surface area contributed by atoms with E-state index < -0.39 is 0 Å². The molecular weight excluding hydrogens is 298 g/mol. The second-order valence-corrected chi connectivity index (χ2v) is 4.95. The fourth-order valence-electron chi connectivity index (χ4n) is 1.68. The van der Waals surface area contributed by atoms with Crippen LogP contribution in [-0.2, 0) is 9.53 Å². The van der Waals surface area contributed by atoms with Crippen LogP contribution in [0.4, 0.5) is 0 Å². The van der Waals surface area contributed by atoms with Gasteiger partial charge in [-0.2, -0.15) is 0 Å². The highest BCUT2D eigenvalue weighted by molar-refractivity contribution is 9.11. The summed E-state index contributed by atoms with van der Waals surface area (Å²) in [7, 11) is 0. The van der Waals surface area contributed by atoms with Gasteiger partial charge in [-0.25, -0.2) is 0 Å². The third-order valence-corrected chi connectivity index (χ3v) is 2.83. The SMILES string of the molecule is C=C(/C=C\C=C(/N)Br)CN1CCOCC1C(N)=O. The van der Waals surface area contributed by atoms with Gasteiger partial charge in [0.1, 0.15) is 6.04 Å². The number of halogens is 1. The normalized spacial score (nSPS) is 22.3. The summed E-state index contributed by atoms with van der Waals surface area (Å²) in [6, 6.07) is -0.374. The van der Waals surface area contributed by atoms with Crippen molar-refractivity contribution in [2.75, 3.05) is 26.3 Å². The van der Waals surface area contributed by atoms with Crippen molar-refractivity contribution in [1.82, 2.24) is 4.90 Å². The molecule has 5 nitrogen and oxygen atoms in total. The Hall–Kier alpha value is -1.11. The van der Waals surface area contributed by atoms with Crippen LogP contribution in [0.2, 0.25) is 0 Å². The zero-order valence-electron chi connectivity index (χ0n) is 10.1. The fraction of sp³-hybridized carbons (Fsp3) is 0.417. The van der Waals surface area contributed by atoms with E-state index in [0.717, 1.165) is 5.57 Å². The van der Waals surface area contributed by atoms with E-state index in [1.165, 1.54) is 0 Å². The van der Waals surface area contributed by atoms with Crippen LogP contribution in [0.1, 0.15) is 0 Å². The van der Waals surface area contributed by atoms with E-state index >= 15 is 0 Å². The molecule has 0 spiro atoms. The van der Waals surface area contributed by atoms with Crippen molar-refractivity contribution >= 4 is 21.8 Å². The Morgan fingerprint density at radius 2 is 2.28 bits per heavy atom. The summed E-state index contributed by atoms with van der Waals surface area (Å²) in [5.41, 5.74) is 11.6. The number of ether oxygens (including phenoxy) is 1. The molecule has 0 aromatic carbocycles. The molecule has 1 heterocycles. The molecule has 0 aromatic heterocycles. The van der Waals surface area contributed by atoms with Gasteiger partial charge in [0.05, 0.1) is 17.8 Å². The summed E-state index contributed by atoms with van der Waals surface area (Å²) in [5.74, 6) is -0.365. The summed E-state index contributed by atoms with van der Waals surface area (Å²) in [4.78, 5) is 13.2. The zero-order valence-corrected chi connectivity index (χ0v) is 11.7. The maximum atomic E-state index is 11.3. The zero-order chi connectivity index (χ0) is 13.5.